The minimum absolute atomic E-state index is 0. The van der Waals surface area contributed by atoms with Gasteiger partial charge in [-0.15, -0.1) is 12.4 Å². The van der Waals surface area contributed by atoms with Crippen LogP contribution >= 0.6 is 28.3 Å². The number of nitrogens with one attached hydrogen (secondary N) is 1. The van der Waals surface area contributed by atoms with Crippen molar-refractivity contribution in [3.05, 3.63) is 40.9 Å². The van der Waals surface area contributed by atoms with Crippen LogP contribution < -0.4 is 10.1 Å². The largest absolute Gasteiger partial charge is 0.492 e. The van der Waals surface area contributed by atoms with Crippen molar-refractivity contribution in [2.45, 2.75) is 6.92 Å². The number of ether oxygens (including phenoxy) is 1. The summed E-state index contributed by atoms with van der Waals surface area (Å²) in [5.41, 5.74) is 0. The minimum Gasteiger partial charge on any atom is -0.492 e. The van der Waals surface area contributed by atoms with Gasteiger partial charge in [-0.2, -0.15) is 0 Å². The summed E-state index contributed by atoms with van der Waals surface area (Å²) in [5.74, 6) is 0.928. The average Bonchev–Trinajstić information content (AvgIpc) is 2.35. The number of rotatable bonds is 5. The Kier molecular flexibility index (Phi) is 6.47. The summed E-state index contributed by atoms with van der Waals surface area (Å²) in [6.45, 7) is 4.66. The van der Waals surface area contributed by atoms with Crippen molar-refractivity contribution in [3.63, 3.8) is 0 Å². The lowest BCUT2D eigenvalue weighted by Crippen LogP contribution is -2.20. The highest BCUT2D eigenvalue weighted by atomic mass is 79.9. The van der Waals surface area contributed by atoms with E-state index in [4.69, 9.17) is 4.74 Å². The monoisotopic (exact) mass is 329 g/mol. The van der Waals surface area contributed by atoms with E-state index in [0.717, 1.165) is 23.3 Å². The summed E-state index contributed by atoms with van der Waals surface area (Å²) in [7, 11) is 0. The fourth-order valence-corrected chi connectivity index (χ4v) is 2.08. The van der Waals surface area contributed by atoms with Crippen molar-refractivity contribution in [1.82, 2.24) is 5.32 Å². The van der Waals surface area contributed by atoms with Gasteiger partial charge in [0.05, 0.1) is 0 Å². The van der Waals surface area contributed by atoms with Crippen molar-refractivity contribution >= 4 is 39.1 Å². The van der Waals surface area contributed by atoms with E-state index in [0.29, 0.717) is 6.61 Å². The highest BCUT2D eigenvalue weighted by Crippen LogP contribution is 2.23. The molecule has 0 heterocycles. The second-order valence-electron chi connectivity index (χ2n) is 3.86. The van der Waals surface area contributed by atoms with E-state index in [1.807, 2.05) is 12.1 Å². The molecule has 1 N–H and O–H groups in total. The van der Waals surface area contributed by atoms with Crippen LogP contribution in [0.3, 0.4) is 0 Å². The number of likely N-dealkylation sites (N-methyl/N-ethyl adjacent to an activating group) is 1. The molecule has 18 heavy (non-hydrogen) atoms. The first kappa shape index (κ1) is 15.3. The van der Waals surface area contributed by atoms with E-state index < -0.39 is 0 Å². The number of fused-ring (bicyclic) bond motifs is 1. The lowest BCUT2D eigenvalue weighted by Gasteiger charge is -2.07. The zero-order valence-electron chi connectivity index (χ0n) is 10.3. The molecule has 98 valence electrons. The predicted octanol–water partition coefficient (Wildman–Crippen LogP) is 4.01. The van der Waals surface area contributed by atoms with Crippen LogP contribution in [-0.2, 0) is 0 Å². The number of benzene rings is 2. The molecule has 0 aliphatic heterocycles. The Morgan fingerprint density at radius 1 is 1.11 bits per heavy atom. The van der Waals surface area contributed by atoms with Crippen molar-refractivity contribution < 1.29 is 4.74 Å². The summed E-state index contributed by atoms with van der Waals surface area (Å²) < 4.78 is 6.77. The van der Waals surface area contributed by atoms with E-state index in [2.05, 4.69) is 52.4 Å². The Balaban J connectivity index is 0.00000162. The van der Waals surface area contributed by atoms with Crippen LogP contribution in [0.25, 0.3) is 10.8 Å². The van der Waals surface area contributed by atoms with E-state index in [-0.39, 0.29) is 12.4 Å². The Bertz CT molecular complexity index is 504. The van der Waals surface area contributed by atoms with Gasteiger partial charge in [-0.05, 0) is 41.6 Å². The molecule has 0 saturated carbocycles. The van der Waals surface area contributed by atoms with E-state index in [9.17, 15) is 0 Å². The third-order valence-electron chi connectivity index (χ3n) is 2.57. The molecule has 0 aliphatic carbocycles. The molecule has 0 aromatic heterocycles. The van der Waals surface area contributed by atoms with Gasteiger partial charge in [0.25, 0.3) is 0 Å². The van der Waals surface area contributed by atoms with Crippen molar-refractivity contribution in [3.8, 4) is 5.75 Å². The van der Waals surface area contributed by atoms with E-state index >= 15 is 0 Å². The summed E-state index contributed by atoms with van der Waals surface area (Å²) in [4.78, 5) is 0. The van der Waals surface area contributed by atoms with Crippen LogP contribution in [0.15, 0.2) is 40.9 Å². The smallest absolute Gasteiger partial charge is 0.120 e. The van der Waals surface area contributed by atoms with Gasteiger partial charge in [0.15, 0.2) is 0 Å². The highest BCUT2D eigenvalue weighted by Gasteiger charge is 1.98. The Hall–Kier alpha value is -0.770. The molecule has 2 aromatic carbocycles. The van der Waals surface area contributed by atoms with Crippen LogP contribution in [0, 0.1) is 0 Å². The SMILES string of the molecule is CCNCCOc1ccc2cc(Br)ccc2c1.Cl. The molecule has 0 saturated heterocycles. The zero-order valence-corrected chi connectivity index (χ0v) is 12.7. The van der Waals surface area contributed by atoms with E-state index in [1.54, 1.807) is 0 Å². The van der Waals surface area contributed by atoms with Crippen LogP contribution in [-0.4, -0.2) is 19.7 Å². The van der Waals surface area contributed by atoms with Crippen molar-refractivity contribution in [2.24, 2.45) is 0 Å². The molecule has 2 nitrogen and oxygen atoms in total. The molecule has 2 rings (SSSR count). The summed E-state index contributed by atoms with van der Waals surface area (Å²) in [5, 5.41) is 5.66. The molecule has 0 aliphatic rings. The van der Waals surface area contributed by atoms with Gasteiger partial charge in [0.2, 0.25) is 0 Å². The van der Waals surface area contributed by atoms with Gasteiger partial charge in [-0.1, -0.05) is 35.0 Å². The Morgan fingerprint density at radius 2 is 1.83 bits per heavy atom. The molecule has 2 aromatic rings. The van der Waals surface area contributed by atoms with Crippen LogP contribution in [0.2, 0.25) is 0 Å². The van der Waals surface area contributed by atoms with Gasteiger partial charge >= 0.3 is 0 Å². The Morgan fingerprint density at radius 3 is 2.61 bits per heavy atom. The molecule has 0 spiro atoms. The van der Waals surface area contributed by atoms with Crippen molar-refractivity contribution in [2.75, 3.05) is 19.7 Å². The van der Waals surface area contributed by atoms with Gasteiger partial charge in [-0.3, -0.25) is 0 Å². The molecule has 0 bridgehead atoms. The topological polar surface area (TPSA) is 21.3 Å². The Labute approximate surface area is 122 Å². The van der Waals surface area contributed by atoms with Gasteiger partial charge in [0.1, 0.15) is 12.4 Å². The van der Waals surface area contributed by atoms with Crippen LogP contribution in [0.5, 0.6) is 5.75 Å². The van der Waals surface area contributed by atoms with Gasteiger partial charge in [-0.25, -0.2) is 0 Å². The minimum atomic E-state index is 0. The first-order valence-electron chi connectivity index (χ1n) is 5.82. The number of hydrogen-bond donors (Lipinski definition) is 1. The molecule has 0 fully saturated rings. The lowest BCUT2D eigenvalue weighted by atomic mass is 10.1. The quantitative estimate of drug-likeness (QED) is 0.836. The van der Waals surface area contributed by atoms with Crippen LogP contribution in [0.1, 0.15) is 6.92 Å². The molecule has 0 unspecified atom stereocenters. The van der Waals surface area contributed by atoms with Crippen LogP contribution in [0.4, 0.5) is 0 Å². The molecule has 0 atom stereocenters. The molecular formula is C14H17BrClNO. The number of hydrogen-bond acceptors (Lipinski definition) is 2. The highest BCUT2D eigenvalue weighted by molar-refractivity contribution is 9.10. The molecule has 0 radical (unpaired) electrons. The van der Waals surface area contributed by atoms with Gasteiger partial charge < -0.3 is 10.1 Å². The first-order valence-corrected chi connectivity index (χ1v) is 6.62. The fourth-order valence-electron chi connectivity index (χ4n) is 1.70. The van der Waals surface area contributed by atoms with Crippen molar-refractivity contribution in [1.29, 1.82) is 0 Å². The predicted molar refractivity (Wildman–Crippen MR) is 82.9 cm³/mol. The molecule has 4 heteroatoms. The fraction of sp³-hybridized carbons (Fsp3) is 0.286. The summed E-state index contributed by atoms with van der Waals surface area (Å²) >= 11 is 3.47. The summed E-state index contributed by atoms with van der Waals surface area (Å²) in [6, 6.07) is 12.4. The number of halogens is 2. The third kappa shape index (κ3) is 4.16. The lowest BCUT2D eigenvalue weighted by molar-refractivity contribution is 0.316. The third-order valence-corrected chi connectivity index (χ3v) is 3.06. The van der Waals surface area contributed by atoms with E-state index in [1.165, 1.54) is 10.8 Å². The maximum atomic E-state index is 5.67. The average molecular weight is 331 g/mol. The maximum absolute atomic E-state index is 5.67. The summed E-state index contributed by atoms with van der Waals surface area (Å²) in [6.07, 6.45) is 0. The second-order valence-corrected chi connectivity index (χ2v) is 4.77. The standard InChI is InChI=1S/C14H16BrNO.ClH/c1-2-16-7-8-17-14-6-4-11-9-13(15)5-3-12(11)10-14;/h3-6,9-10,16H,2,7-8H2,1H3;1H. The van der Waals surface area contributed by atoms with Gasteiger partial charge in [0, 0.05) is 11.0 Å². The normalized spacial score (nSPS) is 10.1. The molecule has 0 amide bonds. The first-order chi connectivity index (χ1) is 8.29. The zero-order chi connectivity index (χ0) is 12.1. The molecular weight excluding hydrogens is 314 g/mol. The maximum Gasteiger partial charge on any atom is 0.120 e. The second kappa shape index (κ2) is 7.62.